The largest absolute Gasteiger partial charge is 0.508 e. The number of piperazine rings is 1. The van der Waals surface area contributed by atoms with Crippen LogP contribution < -0.4 is 0 Å². The molecule has 1 amide bonds. The van der Waals surface area contributed by atoms with E-state index in [2.05, 4.69) is 43.7 Å². The van der Waals surface area contributed by atoms with Crippen LogP contribution >= 0.6 is 0 Å². The van der Waals surface area contributed by atoms with Gasteiger partial charge in [0.05, 0.1) is 17.2 Å². The van der Waals surface area contributed by atoms with Gasteiger partial charge in [-0.05, 0) is 92.9 Å². The van der Waals surface area contributed by atoms with Crippen LogP contribution in [-0.4, -0.2) is 58.0 Å². The van der Waals surface area contributed by atoms with Crippen LogP contribution in [0.5, 0.6) is 0 Å². The molecular weight excluding hydrogens is 548 g/mol. The summed E-state index contributed by atoms with van der Waals surface area (Å²) in [7, 11) is 0. The summed E-state index contributed by atoms with van der Waals surface area (Å²) in [5.41, 5.74) is 3.96. The number of nitriles is 1. The number of hydrogen-bond donors (Lipinski definition) is 1. The molecule has 248 valence electrons. The van der Waals surface area contributed by atoms with Gasteiger partial charge >= 0.3 is 6.09 Å². The van der Waals surface area contributed by atoms with Gasteiger partial charge in [-0.15, -0.1) is 0 Å². The molecule has 44 heavy (non-hydrogen) atoms. The zero-order chi connectivity index (χ0) is 34.3. The molecule has 0 aromatic rings. The van der Waals surface area contributed by atoms with Gasteiger partial charge in [0.25, 0.3) is 0 Å². The molecule has 1 N–H and O–H groups in total. The Bertz CT molecular complexity index is 1110. The van der Waals surface area contributed by atoms with E-state index in [1.807, 2.05) is 85.8 Å². The van der Waals surface area contributed by atoms with Crippen molar-refractivity contribution >= 4 is 11.8 Å². The van der Waals surface area contributed by atoms with Crippen LogP contribution in [0, 0.1) is 11.3 Å². The Morgan fingerprint density at radius 1 is 1.09 bits per heavy atom. The number of amides is 1. The highest BCUT2D eigenvalue weighted by Crippen LogP contribution is 2.23. The Labute approximate surface area is 270 Å². The fraction of sp³-hybridized carbons (Fsp3) is 0.595. The van der Waals surface area contributed by atoms with Crippen molar-refractivity contribution in [2.75, 3.05) is 19.6 Å². The van der Waals surface area contributed by atoms with Gasteiger partial charge in [0.2, 0.25) is 0 Å². The van der Waals surface area contributed by atoms with Crippen molar-refractivity contribution in [2.24, 2.45) is 4.99 Å². The Hall–Kier alpha value is -3.53. The monoisotopic (exact) mass is 610 g/mol. The lowest BCUT2D eigenvalue weighted by molar-refractivity contribution is 0.00490. The van der Waals surface area contributed by atoms with Crippen LogP contribution in [0.15, 0.2) is 75.8 Å². The molecule has 0 spiro atoms. The number of rotatable bonds is 10. The lowest BCUT2D eigenvalue weighted by atomic mass is 10.0. The zero-order valence-corrected chi connectivity index (χ0v) is 30.1. The summed E-state index contributed by atoms with van der Waals surface area (Å²) in [6.45, 7) is 27.6. The summed E-state index contributed by atoms with van der Waals surface area (Å²) in [6.07, 6.45) is 17.1. The molecule has 1 unspecified atom stereocenters. The number of aliphatic imine (C=N–C) groups is 1. The van der Waals surface area contributed by atoms with Gasteiger partial charge in [-0.3, -0.25) is 4.99 Å². The van der Waals surface area contributed by atoms with Crippen molar-refractivity contribution in [3.63, 3.8) is 0 Å². The van der Waals surface area contributed by atoms with Crippen molar-refractivity contribution in [1.82, 2.24) is 9.80 Å². The molecule has 1 saturated heterocycles. The molecule has 0 saturated carbocycles. The van der Waals surface area contributed by atoms with E-state index in [0.717, 1.165) is 48.2 Å². The molecule has 1 atom stereocenters. The molecule has 1 rings (SSSR count). The first-order chi connectivity index (χ1) is 20.8. The summed E-state index contributed by atoms with van der Waals surface area (Å²) < 4.78 is 5.52. The van der Waals surface area contributed by atoms with E-state index in [-0.39, 0.29) is 17.9 Å². The predicted octanol–water partition coefficient (Wildman–Crippen LogP) is 10.2. The maximum Gasteiger partial charge on any atom is 0.410 e. The molecule has 1 heterocycles. The average molecular weight is 611 g/mol. The second kappa shape index (κ2) is 23.9. The van der Waals surface area contributed by atoms with Gasteiger partial charge in [0, 0.05) is 43.3 Å². The molecule has 0 aromatic carbocycles. The Kier molecular flexibility index (Phi) is 23.1. The first-order valence-corrected chi connectivity index (χ1v) is 16.2. The van der Waals surface area contributed by atoms with E-state index in [4.69, 9.17) is 10.00 Å². The smallest absolute Gasteiger partial charge is 0.410 e. The number of carbonyl (C=O) groups is 1. The normalized spacial score (nSPS) is 17.4. The van der Waals surface area contributed by atoms with Gasteiger partial charge in [0.1, 0.15) is 11.4 Å². The second-order valence-corrected chi connectivity index (χ2v) is 11.4. The third-order valence-electron chi connectivity index (χ3n) is 6.42. The molecule has 0 radical (unpaired) electrons. The fourth-order valence-corrected chi connectivity index (χ4v) is 4.28. The van der Waals surface area contributed by atoms with E-state index in [9.17, 15) is 9.90 Å². The number of allylic oxidation sites excluding steroid dienone is 10. The van der Waals surface area contributed by atoms with Crippen LogP contribution in [0.25, 0.3) is 0 Å². The molecule has 1 aliphatic rings. The lowest BCUT2D eigenvalue weighted by Crippen LogP contribution is -2.54. The van der Waals surface area contributed by atoms with Gasteiger partial charge in [-0.25, -0.2) is 4.79 Å². The molecule has 1 fully saturated rings. The number of aliphatic hydroxyl groups is 1. The van der Waals surface area contributed by atoms with Crippen LogP contribution in [0.3, 0.4) is 0 Å². The fourth-order valence-electron chi connectivity index (χ4n) is 4.28. The molecule has 0 aromatic heterocycles. The van der Waals surface area contributed by atoms with E-state index < -0.39 is 5.60 Å². The number of ether oxygens (including phenoxy) is 1. The maximum atomic E-state index is 12.4. The van der Waals surface area contributed by atoms with Gasteiger partial charge in [0.15, 0.2) is 0 Å². The highest BCUT2D eigenvalue weighted by atomic mass is 16.6. The standard InChI is InChI=1S/C22H37N3O3.C13H19N.C2H6/c1-9-11-12-23-17(4)20(19(26)10-2)18(5)24-13-14-25(16(3)15-24)21(27)28-22(6,7)8;1-4-6-7-9-13(11-14)10-12(3)8-5-2;1-2/h10-12,16,26H,9,13-15H2,1-8H3;6-7,9-10H,4-5,8H2,1-3H3;1-2H3/b12-11+,19-10+,20-18-,23-17+;7-6+,12-10+,13-9+;. The number of hydrogen-bond acceptors (Lipinski definition) is 6. The average Bonchev–Trinajstić information content (AvgIpc) is 2.97. The molecule has 0 aliphatic carbocycles. The Morgan fingerprint density at radius 2 is 1.70 bits per heavy atom. The number of carbonyl (C=O) groups excluding carboxylic acids is 1. The maximum absolute atomic E-state index is 12.4. The molecule has 7 heteroatoms. The summed E-state index contributed by atoms with van der Waals surface area (Å²) in [4.78, 5) is 20.9. The van der Waals surface area contributed by atoms with Crippen LogP contribution in [0.1, 0.15) is 116 Å². The third-order valence-corrected chi connectivity index (χ3v) is 6.42. The van der Waals surface area contributed by atoms with E-state index in [0.29, 0.717) is 19.6 Å². The predicted molar refractivity (Wildman–Crippen MR) is 189 cm³/mol. The molecular formula is C37H62N4O3. The van der Waals surface area contributed by atoms with Crippen molar-refractivity contribution in [1.29, 1.82) is 5.26 Å². The zero-order valence-electron chi connectivity index (χ0n) is 30.1. The topological polar surface area (TPSA) is 89.2 Å². The number of aliphatic hydroxyl groups excluding tert-OH is 1. The van der Waals surface area contributed by atoms with Gasteiger partial charge in [-0.2, -0.15) is 5.26 Å². The minimum Gasteiger partial charge on any atom is -0.508 e. The molecule has 7 nitrogen and oxygen atoms in total. The van der Waals surface area contributed by atoms with Crippen molar-refractivity contribution in [3.8, 4) is 6.07 Å². The quantitative estimate of drug-likeness (QED) is 0.115. The van der Waals surface area contributed by atoms with Crippen molar-refractivity contribution in [3.05, 3.63) is 70.8 Å². The van der Waals surface area contributed by atoms with Crippen LogP contribution in [-0.2, 0) is 4.74 Å². The van der Waals surface area contributed by atoms with E-state index in [1.54, 1.807) is 24.1 Å². The molecule has 0 bridgehead atoms. The van der Waals surface area contributed by atoms with Crippen molar-refractivity contribution < 1.29 is 14.6 Å². The van der Waals surface area contributed by atoms with Gasteiger partial charge in [-0.1, -0.05) is 64.8 Å². The first kappa shape index (κ1) is 42.6. The Balaban J connectivity index is 0. The highest BCUT2D eigenvalue weighted by molar-refractivity contribution is 6.02. The molecule has 1 aliphatic heterocycles. The highest BCUT2D eigenvalue weighted by Gasteiger charge is 2.31. The van der Waals surface area contributed by atoms with Crippen molar-refractivity contribution in [2.45, 2.75) is 127 Å². The first-order valence-electron chi connectivity index (χ1n) is 16.2. The van der Waals surface area contributed by atoms with E-state index >= 15 is 0 Å². The summed E-state index contributed by atoms with van der Waals surface area (Å²) in [5, 5.41) is 19.3. The summed E-state index contributed by atoms with van der Waals surface area (Å²) in [5.74, 6) is 0.214. The van der Waals surface area contributed by atoms with Crippen LogP contribution in [0.2, 0.25) is 0 Å². The lowest BCUT2D eigenvalue weighted by Gasteiger charge is -2.42. The summed E-state index contributed by atoms with van der Waals surface area (Å²) >= 11 is 0. The third kappa shape index (κ3) is 17.6. The second-order valence-electron chi connectivity index (χ2n) is 11.4. The minimum absolute atomic E-state index is 0.00443. The minimum atomic E-state index is -0.506. The Morgan fingerprint density at radius 3 is 2.18 bits per heavy atom. The van der Waals surface area contributed by atoms with E-state index in [1.165, 1.54) is 5.57 Å². The SMILES string of the molecule is CC.CC/C=C/C=C(C#N)\C=C(/C)CCC.C\C=C(O)/C(=C(/C)N1CCN(C(=O)OC(C)(C)C)C(C)C1)C(/C)=N/C=C/CC. The summed E-state index contributed by atoms with van der Waals surface area (Å²) in [6, 6.07) is 2.19. The van der Waals surface area contributed by atoms with Crippen LogP contribution in [0.4, 0.5) is 4.79 Å². The number of nitrogens with zero attached hydrogens (tertiary/aromatic N) is 4. The van der Waals surface area contributed by atoms with Gasteiger partial charge < -0.3 is 19.6 Å².